The lowest BCUT2D eigenvalue weighted by molar-refractivity contribution is -0.125. The van der Waals surface area contributed by atoms with E-state index in [-0.39, 0.29) is 18.6 Å². The van der Waals surface area contributed by atoms with Crippen LogP contribution in [-0.2, 0) is 9.53 Å². The average Bonchev–Trinajstić information content (AvgIpc) is 2.65. The van der Waals surface area contributed by atoms with Crippen molar-refractivity contribution in [1.29, 1.82) is 0 Å². The Kier molecular flexibility index (Phi) is 7.95. The molecule has 0 saturated heterocycles. The SMILES string of the molecule is CCOc1ccc(C(=O)OCC(=O)NC2CCCC(C)C2C)cc1OCC. The summed E-state index contributed by atoms with van der Waals surface area (Å²) in [5.74, 6) is 1.27. The summed E-state index contributed by atoms with van der Waals surface area (Å²) in [6.45, 7) is 8.79. The van der Waals surface area contributed by atoms with Crippen molar-refractivity contribution in [3.8, 4) is 11.5 Å². The Labute approximate surface area is 161 Å². The van der Waals surface area contributed by atoms with Gasteiger partial charge >= 0.3 is 5.97 Å². The van der Waals surface area contributed by atoms with Crippen LogP contribution in [0, 0.1) is 11.8 Å². The zero-order valence-corrected chi connectivity index (χ0v) is 16.7. The van der Waals surface area contributed by atoms with Gasteiger partial charge in [-0.25, -0.2) is 4.79 Å². The molecule has 2 rings (SSSR count). The van der Waals surface area contributed by atoms with Crippen LogP contribution in [0.25, 0.3) is 0 Å². The number of nitrogens with one attached hydrogen (secondary N) is 1. The number of benzene rings is 1. The van der Waals surface area contributed by atoms with Gasteiger partial charge in [-0.15, -0.1) is 0 Å². The molecule has 150 valence electrons. The van der Waals surface area contributed by atoms with E-state index in [1.807, 2.05) is 13.8 Å². The lowest BCUT2D eigenvalue weighted by Crippen LogP contribution is -2.45. The molecule has 3 unspecified atom stereocenters. The highest BCUT2D eigenvalue weighted by atomic mass is 16.5. The standard InChI is InChI=1S/C21H31NO5/c1-5-25-18-11-10-16(12-19(18)26-6-2)21(24)27-13-20(23)22-17-9-7-8-14(3)15(17)4/h10-12,14-15,17H,5-9,13H2,1-4H3,(H,22,23). The van der Waals surface area contributed by atoms with Crippen LogP contribution in [0.1, 0.15) is 57.3 Å². The van der Waals surface area contributed by atoms with Crippen molar-refractivity contribution < 1.29 is 23.8 Å². The zero-order chi connectivity index (χ0) is 19.8. The van der Waals surface area contributed by atoms with Gasteiger partial charge in [0.25, 0.3) is 5.91 Å². The first-order chi connectivity index (χ1) is 13.0. The van der Waals surface area contributed by atoms with Crippen LogP contribution in [0.2, 0.25) is 0 Å². The van der Waals surface area contributed by atoms with Crippen LogP contribution in [0.5, 0.6) is 11.5 Å². The van der Waals surface area contributed by atoms with E-state index in [1.165, 1.54) is 6.42 Å². The molecule has 3 atom stereocenters. The largest absolute Gasteiger partial charge is 0.490 e. The van der Waals surface area contributed by atoms with E-state index in [2.05, 4.69) is 19.2 Å². The summed E-state index contributed by atoms with van der Waals surface area (Å²) in [6, 6.07) is 5.02. The monoisotopic (exact) mass is 377 g/mol. The van der Waals surface area contributed by atoms with Crippen LogP contribution in [-0.4, -0.2) is 37.7 Å². The summed E-state index contributed by atoms with van der Waals surface area (Å²) in [4.78, 5) is 24.5. The molecule has 1 aromatic rings. The minimum atomic E-state index is -0.556. The number of esters is 1. The third-order valence-corrected chi connectivity index (χ3v) is 5.17. The molecule has 1 amide bonds. The summed E-state index contributed by atoms with van der Waals surface area (Å²) in [7, 11) is 0. The maximum Gasteiger partial charge on any atom is 0.338 e. The van der Waals surface area contributed by atoms with Crippen molar-refractivity contribution in [3.63, 3.8) is 0 Å². The van der Waals surface area contributed by atoms with Gasteiger partial charge in [-0.3, -0.25) is 4.79 Å². The third-order valence-electron chi connectivity index (χ3n) is 5.17. The Hall–Kier alpha value is -2.24. The first kappa shape index (κ1) is 21.1. The minimum absolute atomic E-state index is 0.148. The summed E-state index contributed by atoms with van der Waals surface area (Å²) < 4.78 is 16.2. The molecule has 0 heterocycles. The van der Waals surface area contributed by atoms with Crippen LogP contribution in [0.4, 0.5) is 0 Å². The van der Waals surface area contributed by atoms with Crippen molar-refractivity contribution in [2.24, 2.45) is 11.8 Å². The summed E-state index contributed by atoms with van der Waals surface area (Å²) >= 11 is 0. The molecule has 1 N–H and O–H groups in total. The van der Waals surface area contributed by atoms with E-state index in [9.17, 15) is 9.59 Å². The molecule has 1 saturated carbocycles. The molecule has 0 radical (unpaired) electrons. The number of amides is 1. The maximum absolute atomic E-state index is 12.3. The molecular weight excluding hydrogens is 346 g/mol. The quantitative estimate of drug-likeness (QED) is 0.701. The highest BCUT2D eigenvalue weighted by molar-refractivity contribution is 5.92. The van der Waals surface area contributed by atoms with E-state index in [1.54, 1.807) is 18.2 Å². The van der Waals surface area contributed by atoms with Crippen LogP contribution < -0.4 is 14.8 Å². The molecule has 1 aliphatic carbocycles. The second-order valence-corrected chi connectivity index (χ2v) is 7.04. The smallest absolute Gasteiger partial charge is 0.338 e. The van der Waals surface area contributed by atoms with Gasteiger partial charge in [-0.05, 0) is 50.3 Å². The highest BCUT2D eigenvalue weighted by Gasteiger charge is 2.28. The average molecular weight is 377 g/mol. The number of carbonyl (C=O) groups excluding carboxylic acids is 2. The fourth-order valence-corrected chi connectivity index (χ4v) is 3.43. The lowest BCUT2D eigenvalue weighted by atomic mass is 9.78. The van der Waals surface area contributed by atoms with Gasteiger partial charge in [0, 0.05) is 6.04 Å². The van der Waals surface area contributed by atoms with Gasteiger partial charge in [0.15, 0.2) is 18.1 Å². The Morgan fingerprint density at radius 2 is 1.78 bits per heavy atom. The van der Waals surface area contributed by atoms with Gasteiger partial charge in [-0.1, -0.05) is 26.7 Å². The molecule has 1 aliphatic rings. The van der Waals surface area contributed by atoms with Crippen LogP contribution in [0.15, 0.2) is 18.2 Å². The first-order valence-corrected chi connectivity index (χ1v) is 9.82. The van der Waals surface area contributed by atoms with Crippen LogP contribution >= 0.6 is 0 Å². The highest BCUT2D eigenvalue weighted by Crippen LogP contribution is 2.30. The Morgan fingerprint density at radius 1 is 1.07 bits per heavy atom. The molecule has 0 bridgehead atoms. The number of rotatable bonds is 8. The van der Waals surface area contributed by atoms with E-state index in [0.717, 1.165) is 12.8 Å². The normalized spacial score (nSPS) is 22.0. The van der Waals surface area contributed by atoms with Crippen molar-refractivity contribution in [3.05, 3.63) is 23.8 Å². The lowest BCUT2D eigenvalue weighted by Gasteiger charge is -2.34. The zero-order valence-electron chi connectivity index (χ0n) is 16.7. The van der Waals surface area contributed by atoms with Gasteiger partial charge in [0.05, 0.1) is 18.8 Å². The number of ether oxygens (including phenoxy) is 3. The summed E-state index contributed by atoms with van der Waals surface area (Å²) in [6.07, 6.45) is 3.28. The van der Waals surface area contributed by atoms with Crippen molar-refractivity contribution in [1.82, 2.24) is 5.32 Å². The predicted molar refractivity (Wildman–Crippen MR) is 103 cm³/mol. The van der Waals surface area contributed by atoms with E-state index >= 15 is 0 Å². The van der Waals surface area contributed by atoms with Gasteiger partial charge in [-0.2, -0.15) is 0 Å². The predicted octanol–water partition coefficient (Wildman–Crippen LogP) is 3.58. The second-order valence-electron chi connectivity index (χ2n) is 7.04. The third kappa shape index (κ3) is 5.88. The first-order valence-electron chi connectivity index (χ1n) is 9.82. The van der Waals surface area contributed by atoms with E-state index < -0.39 is 5.97 Å². The fourth-order valence-electron chi connectivity index (χ4n) is 3.43. The van der Waals surface area contributed by atoms with Crippen molar-refractivity contribution >= 4 is 11.9 Å². The molecule has 27 heavy (non-hydrogen) atoms. The Bertz CT molecular complexity index is 645. The Morgan fingerprint density at radius 3 is 2.48 bits per heavy atom. The molecule has 0 spiro atoms. The van der Waals surface area contributed by atoms with Crippen molar-refractivity contribution in [2.45, 2.75) is 53.0 Å². The van der Waals surface area contributed by atoms with Gasteiger partial charge in [0.2, 0.25) is 0 Å². The molecule has 6 nitrogen and oxygen atoms in total. The van der Waals surface area contributed by atoms with Crippen molar-refractivity contribution in [2.75, 3.05) is 19.8 Å². The molecule has 1 aromatic carbocycles. The topological polar surface area (TPSA) is 73.9 Å². The molecule has 0 aromatic heterocycles. The fraction of sp³-hybridized carbons (Fsp3) is 0.619. The van der Waals surface area contributed by atoms with Gasteiger partial charge in [0.1, 0.15) is 0 Å². The van der Waals surface area contributed by atoms with E-state index in [0.29, 0.717) is 42.1 Å². The second kappa shape index (κ2) is 10.2. The minimum Gasteiger partial charge on any atom is -0.490 e. The maximum atomic E-state index is 12.3. The molecule has 6 heteroatoms. The van der Waals surface area contributed by atoms with Crippen LogP contribution in [0.3, 0.4) is 0 Å². The summed E-state index contributed by atoms with van der Waals surface area (Å²) in [5, 5.41) is 3.00. The number of hydrogen-bond acceptors (Lipinski definition) is 5. The van der Waals surface area contributed by atoms with E-state index in [4.69, 9.17) is 14.2 Å². The van der Waals surface area contributed by atoms with Gasteiger partial charge < -0.3 is 19.5 Å². The number of carbonyl (C=O) groups is 2. The summed E-state index contributed by atoms with van der Waals surface area (Å²) in [5.41, 5.74) is 0.328. The molecule has 1 fully saturated rings. The number of hydrogen-bond donors (Lipinski definition) is 1. The molecule has 0 aliphatic heterocycles. The Balaban J connectivity index is 1.91. The molecular formula is C21H31NO5.